The van der Waals surface area contributed by atoms with Crippen LogP contribution < -0.4 is 21.6 Å². The van der Waals surface area contributed by atoms with Gasteiger partial charge in [-0.3, -0.25) is 0 Å². The molecule has 2 nitrogen and oxygen atoms in total. The summed E-state index contributed by atoms with van der Waals surface area (Å²) in [5.74, 6) is 0.629. The Balaban J connectivity index is 0.000000734. The largest absolute Gasteiger partial charge is 2.00 e. The van der Waals surface area contributed by atoms with E-state index in [0.717, 1.165) is 11.0 Å². The van der Waals surface area contributed by atoms with Gasteiger partial charge in [0.2, 0.25) is 0 Å². The van der Waals surface area contributed by atoms with Gasteiger partial charge in [-0.15, -0.1) is 0 Å². The van der Waals surface area contributed by atoms with E-state index >= 15 is 0 Å². The maximum atomic E-state index is 6.03. The molecule has 0 saturated heterocycles. The second-order valence-electron chi connectivity index (χ2n) is 11.6. The number of aryl methyl sites for hydroxylation is 4. The van der Waals surface area contributed by atoms with Crippen molar-refractivity contribution in [1.82, 2.24) is 0 Å². The predicted octanol–water partition coefficient (Wildman–Crippen LogP) is 9.85. The summed E-state index contributed by atoms with van der Waals surface area (Å²) in [6.45, 7) is 11.5. The molecule has 2 aliphatic rings. The number of hydrogen-bond donors (Lipinski definition) is 0. The van der Waals surface area contributed by atoms with Crippen molar-refractivity contribution in [1.29, 1.82) is 0 Å². The Morgan fingerprint density at radius 2 is 1.14 bits per heavy atom. The molecule has 6 rings (SSSR count). The van der Waals surface area contributed by atoms with Crippen molar-refractivity contribution in [3.8, 4) is 0 Å². The molecule has 1 saturated carbocycles. The fourth-order valence-corrected chi connectivity index (χ4v) is 13.1. The summed E-state index contributed by atoms with van der Waals surface area (Å²) in [6.07, 6.45) is 15.9. The molecule has 2 aromatic carbocycles. The van der Waals surface area contributed by atoms with E-state index in [0.29, 0.717) is 17.2 Å². The van der Waals surface area contributed by atoms with Crippen LogP contribution in [0, 0.1) is 48.5 Å². The second kappa shape index (κ2) is 17.6. The molecule has 0 amide bonds. The van der Waals surface area contributed by atoms with E-state index in [1.807, 2.05) is 24.7 Å². The van der Waals surface area contributed by atoms with Crippen molar-refractivity contribution in [3.63, 3.8) is 0 Å². The predicted molar refractivity (Wildman–Crippen MR) is 188 cm³/mol. The molecule has 0 spiro atoms. The third-order valence-electron chi connectivity index (χ3n) is 8.25. The molecule has 2 aromatic heterocycles. The summed E-state index contributed by atoms with van der Waals surface area (Å²) in [6, 6.07) is 22.7. The van der Waals surface area contributed by atoms with Crippen LogP contribution in [0.5, 0.6) is 0 Å². The third-order valence-corrected chi connectivity index (χ3v) is 13.8. The van der Waals surface area contributed by atoms with Gasteiger partial charge in [0.05, 0.1) is 12.5 Å². The van der Waals surface area contributed by atoms with Crippen LogP contribution in [0.1, 0.15) is 67.7 Å². The number of rotatable bonds is 7. The van der Waals surface area contributed by atoms with Crippen molar-refractivity contribution in [2.24, 2.45) is 5.92 Å². The molecule has 2 heterocycles. The van der Waals surface area contributed by atoms with Gasteiger partial charge in [0.15, 0.2) is 0 Å². The maximum absolute atomic E-state index is 6.03. The Morgan fingerprint density at radius 1 is 0.674 bits per heavy atom. The molecule has 0 bridgehead atoms. The van der Waals surface area contributed by atoms with E-state index in [4.69, 9.17) is 8.83 Å². The minimum atomic E-state index is -0.660. The Kier molecular flexibility index (Phi) is 15.2. The fraction of sp³-hybridized carbons (Fsp3) is 0.368. The summed E-state index contributed by atoms with van der Waals surface area (Å²) in [7, 11) is -1.17. The first-order chi connectivity index (χ1) is 19.4. The van der Waals surface area contributed by atoms with E-state index in [9.17, 15) is 0 Å². The Morgan fingerprint density at radius 3 is 1.51 bits per heavy atom. The van der Waals surface area contributed by atoms with E-state index in [1.54, 1.807) is 0 Å². The van der Waals surface area contributed by atoms with Crippen LogP contribution in [0.2, 0.25) is 0 Å². The van der Waals surface area contributed by atoms with Crippen LogP contribution in [0.15, 0.2) is 94.2 Å². The molecule has 5 heteroatoms. The van der Waals surface area contributed by atoms with E-state index in [1.165, 1.54) is 71.4 Å². The molecular weight excluding hydrogens is 606 g/mol. The smallest absolute Gasteiger partial charge is 0.464 e. The fourth-order valence-electron chi connectivity index (χ4n) is 6.68. The maximum Gasteiger partial charge on any atom is 2.00 e. The molecule has 3 atom stereocenters. The molecule has 1 fully saturated rings. The molecular formula is C38H50FeO2P2. The average Bonchev–Trinajstić information content (AvgIpc) is 3.74. The Bertz CT molecular complexity index is 1260. The Hall–Kier alpha value is -1.88. The van der Waals surface area contributed by atoms with Gasteiger partial charge < -0.3 is 23.7 Å². The standard InChI is InChI=1S/C31H36O2P2.C5H8.2CH3.Fe/c1-21-15-22(2)18-26(17-21)34(27-19-23(3)16-24(4)20-27)25(5)28-9-6-10-29(28)35(30-11-7-13-32-30)31-12-8-14-33-31;1-2-4-5-3-1;;;/h7-8,11-20,25,28-29H,6,9-10H2,1-5H3;1-2H,3-5H2;2*1H3;/q;;2*-1;+2/t25-,28?,29?;;;;/m0..../s1. The van der Waals surface area contributed by atoms with Gasteiger partial charge in [0.25, 0.3) is 0 Å². The van der Waals surface area contributed by atoms with Crippen LogP contribution in [0.3, 0.4) is 0 Å². The zero-order chi connectivity index (χ0) is 28.1. The summed E-state index contributed by atoms with van der Waals surface area (Å²) >= 11 is 0. The molecule has 232 valence electrons. The summed E-state index contributed by atoms with van der Waals surface area (Å²) in [5.41, 5.74) is 8.78. The topological polar surface area (TPSA) is 26.3 Å². The molecule has 0 radical (unpaired) electrons. The summed E-state index contributed by atoms with van der Waals surface area (Å²) < 4.78 is 12.1. The van der Waals surface area contributed by atoms with Crippen molar-refractivity contribution in [3.05, 3.63) is 122 Å². The van der Waals surface area contributed by atoms with Gasteiger partial charge >= 0.3 is 17.1 Å². The average molecular weight is 657 g/mol. The van der Waals surface area contributed by atoms with Crippen LogP contribution in [-0.4, -0.2) is 11.3 Å². The van der Waals surface area contributed by atoms with Crippen molar-refractivity contribution < 1.29 is 25.9 Å². The van der Waals surface area contributed by atoms with E-state index < -0.39 is 15.8 Å². The quantitative estimate of drug-likeness (QED) is 0.0857. The Labute approximate surface area is 275 Å². The first kappa shape index (κ1) is 37.3. The van der Waals surface area contributed by atoms with E-state index in [2.05, 4.69) is 95.3 Å². The van der Waals surface area contributed by atoms with Crippen molar-refractivity contribution >= 4 is 37.5 Å². The van der Waals surface area contributed by atoms with Gasteiger partial charge in [-0.1, -0.05) is 84.1 Å². The number of allylic oxidation sites excluding steroid dienone is 2. The summed E-state index contributed by atoms with van der Waals surface area (Å²) in [5, 5.41) is 3.03. The molecule has 2 aliphatic carbocycles. The zero-order valence-electron chi connectivity index (χ0n) is 27.1. The molecule has 0 aliphatic heterocycles. The molecule has 2 unspecified atom stereocenters. The minimum absolute atomic E-state index is 0. The van der Waals surface area contributed by atoms with Crippen LogP contribution in [-0.2, 0) is 17.1 Å². The third kappa shape index (κ3) is 9.31. The van der Waals surface area contributed by atoms with Gasteiger partial charge in [-0.25, -0.2) is 0 Å². The van der Waals surface area contributed by atoms with Crippen molar-refractivity contribution in [2.75, 3.05) is 0 Å². The molecule has 0 N–H and O–H groups in total. The normalized spacial score (nSPS) is 17.9. The van der Waals surface area contributed by atoms with Crippen LogP contribution in [0.4, 0.5) is 0 Å². The molecule has 43 heavy (non-hydrogen) atoms. The van der Waals surface area contributed by atoms with Gasteiger partial charge in [-0.2, -0.15) is 0 Å². The van der Waals surface area contributed by atoms with E-state index in [-0.39, 0.29) is 31.9 Å². The van der Waals surface area contributed by atoms with Crippen LogP contribution >= 0.6 is 15.8 Å². The van der Waals surface area contributed by atoms with Gasteiger partial charge in [0.1, 0.15) is 11.0 Å². The molecule has 4 aromatic rings. The number of furan rings is 2. The summed E-state index contributed by atoms with van der Waals surface area (Å²) in [4.78, 5) is 0. The number of benzene rings is 2. The van der Waals surface area contributed by atoms with Crippen molar-refractivity contribution in [2.45, 2.75) is 84.5 Å². The number of hydrogen-bond acceptors (Lipinski definition) is 2. The van der Waals surface area contributed by atoms with Gasteiger partial charge in [-0.05, 0) is 120 Å². The monoisotopic (exact) mass is 656 g/mol. The zero-order valence-corrected chi connectivity index (χ0v) is 30.0. The first-order valence-corrected chi connectivity index (χ1v) is 17.7. The van der Waals surface area contributed by atoms with Crippen LogP contribution in [0.25, 0.3) is 0 Å². The second-order valence-corrected chi connectivity index (χ2v) is 16.5. The first-order valence-electron chi connectivity index (χ1n) is 14.9. The minimum Gasteiger partial charge on any atom is -0.464 e. The van der Waals surface area contributed by atoms with Gasteiger partial charge in [0, 0.05) is 7.92 Å². The SMILES string of the molecule is C1=CCCC1.Cc1cc(C)cc(P(c2cc(C)cc(C)c2)[C@@H](C)C2CCCC2P(c2ccco2)c2ccco2)c1.[CH3-].[CH3-].[Fe+2].